The van der Waals surface area contributed by atoms with Gasteiger partial charge in [0.15, 0.2) is 5.13 Å². The lowest BCUT2D eigenvalue weighted by Crippen LogP contribution is -2.74. The van der Waals surface area contributed by atoms with Crippen LogP contribution in [0.3, 0.4) is 0 Å². The second kappa shape index (κ2) is 10.8. The molecular weight excluding hydrogens is 532 g/mol. The maximum atomic E-state index is 12.9. The van der Waals surface area contributed by atoms with Crippen LogP contribution in [0.15, 0.2) is 23.0 Å². The van der Waals surface area contributed by atoms with Gasteiger partial charge in [0.2, 0.25) is 22.6 Å². The molecule has 0 spiro atoms. The summed E-state index contributed by atoms with van der Waals surface area (Å²) >= 11 is 3.38. The first-order valence-electron chi connectivity index (χ1n) is 10.6. The first kappa shape index (κ1) is 25.8. The fraction of sp³-hybridized carbons (Fsp3) is 0.500. The van der Waals surface area contributed by atoms with Crippen molar-refractivity contribution in [2.24, 2.45) is 10.6 Å². The first-order valence-corrected chi connectivity index (χ1v) is 13.4. The van der Waals surface area contributed by atoms with E-state index in [2.05, 4.69) is 41.9 Å². The van der Waals surface area contributed by atoms with Crippen molar-refractivity contribution in [2.75, 3.05) is 30.4 Å². The average molecular weight is 555 g/mol. The molecule has 3 atom stereocenters. The summed E-state index contributed by atoms with van der Waals surface area (Å²) in [5.74, 6) is -1.74. The Balaban J connectivity index is 1.43. The van der Waals surface area contributed by atoms with Crippen molar-refractivity contribution in [1.29, 1.82) is 0 Å². The number of carboxylic acids is 1. The molecule has 4 heterocycles. The molecule has 36 heavy (non-hydrogen) atoms. The Morgan fingerprint density at radius 2 is 2.31 bits per heavy atom. The lowest BCUT2D eigenvalue weighted by atomic mass is 9.89. The van der Waals surface area contributed by atoms with Crippen molar-refractivity contribution in [1.82, 2.24) is 39.8 Å². The Morgan fingerprint density at radius 3 is 2.97 bits per heavy atom. The maximum absolute atomic E-state index is 12.9. The highest BCUT2D eigenvalue weighted by molar-refractivity contribution is 8.00. The van der Waals surface area contributed by atoms with E-state index in [0.717, 1.165) is 11.5 Å². The predicted octanol–water partition coefficient (Wildman–Crippen LogP) is -0.703. The van der Waals surface area contributed by atoms with Crippen molar-refractivity contribution < 1.29 is 24.3 Å². The zero-order chi connectivity index (χ0) is 25.9. The number of carboxylic acid groups (broad SMARTS) is 1. The topological polar surface area (TPSA) is 204 Å². The van der Waals surface area contributed by atoms with Gasteiger partial charge in [-0.05, 0) is 17.4 Å². The SMILES string of the molecule is C=CCn1nnnc1SCC1(C(=O)O)CS[C@@H]2C(NC(=O)C(=NOCC)c3nsc(N)n3)C(=O)N2C1. The molecular formula is C18H22N10O5S3. The minimum atomic E-state index is -1.22. The number of oxime groups is 1. The first-order chi connectivity index (χ1) is 17.3. The van der Waals surface area contributed by atoms with Crippen LogP contribution in [0.1, 0.15) is 12.7 Å². The Morgan fingerprint density at radius 1 is 1.50 bits per heavy atom. The number of allylic oxidation sites excluding steroid dienone is 1. The number of hydrogen-bond acceptors (Lipinski definition) is 14. The van der Waals surface area contributed by atoms with Crippen molar-refractivity contribution in [3.05, 3.63) is 18.5 Å². The predicted molar refractivity (Wildman–Crippen MR) is 131 cm³/mol. The number of hydrogen-bond donors (Lipinski definition) is 3. The van der Waals surface area contributed by atoms with Gasteiger partial charge in [-0.25, -0.2) is 4.68 Å². The van der Waals surface area contributed by atoms with E-state index in [-0.39, 0.29) is 41.3 Å². The molecule has 2 aliphatic rings. The fourth-order valence-corrected chi connectivity index (χ4v) is 6.68. The van der Waals surface area contributed by atoms with E-state index >= 15 is 0 Å². The number of fused-ring (bicyclic) bond motifs is 1. The number of amides is 2. The molecule has 2 unspecified atom stereocenters. The molecule has 2 saturated heterocycles. The van der Waals surface area contributed by atoms with E-state index in [0.29, 0.717) is 11.7 Å². The lowest BCUT2D eigenvalue weighted by Gasteiger charge is -2.53. The molecule has 18 heteroatoms. The highest BCUT2D eigenvalue weighted by Gasteiger charge is 2.57. The number of nitrogen functional groups attached to an aromatic ring is 1. The Labute approximate surface area is 217 Å². The van der Waals surface area contributed by atoms with Gasteiger partial charge in [-0.1, -0.05) is 23.0 Å². The lowest BCUT2D eigenvalue weighted by molar-refractivity contribution is -0.157. The third kappa shape index (κ3) is 5.00. The van der Waals surface area contributed by atoms with Gasteiger partial charge in [0.25, 0.3) is 5.91 Å². The third-order valence-electron chi connectivity index (χ3n) is 5.32. The summed E-state index contributed by atoms with van der Waals surface area (Å²) in [5, 5.41) is 28.0. The van der Waals surface area contributed by atoms with Crippen LogP contribution in [-0.2, 0) is 25.8 Å². The molecule has 0 aliphatic carbocycles. The number of anilines is 1. The number of β-lactam (4-membered cyclic amide) rings is 1. The summed E-state index contributed by atoms with van der Waals surface area (Å²) in [6.45, 7) is 5.93. The maximum Gasteiger partial charge on any atom is 0.313 e. The standard InChI is InChI=1S/C18H22N10O5S3/c1-3-5-28-17(22-25-26-28)35-8-18(15(31)32)6-27-13(30)10(14(27)34-7-18)20-12(29)9(23-33-4-2)11-21-16(19)36-24-11/h3,10,14H,1,4-8H2,2H3,(H,20,29)(H,31,32)(H2,19,21,24)/t10?,14-,18?/m1/s1. The second-order valence-corrected chi connectivity index (χ2v) is 10.6. The second-order valence-electron chi connectivity index (χ2n) is 7.74. The van der Waals surface area contributed by atoms with Crippen molar-refractivity contribution in [3.8, 4) is 0 Å². The van der Waals surface area contributed by atoms with E-state index in [1.54, 1.807) is 13.0 Å². The number of carbonyl (C=O) groups is 3. The number of nitrogens with zero attached hydrogens (tertiary/aromatic N) is 8. The quantitative estimate of drug-likeness (QED) is 0.103. The Bertz CT molecular complexity index is 1200. The Hall–Kier alpha value is -3.25. The minimum absolute atomic E-state index is 0.00864. The van der Waals surface area contributed by atoms with Gasteiger partial charge in [0, 0.05) is 29.6 Å². The number of aliphatic carboxylic acids is 1. The molecule has 0 saturated carbocycles. The molecule has 0 aromatic carbocycles. The zero-order valence-corrected chi connectivity index (χ0v) is 21.4. The van der Waals surface area contributed by atoms with Crippen LogP contribution in [0.25, 0.3) is 0 Å². The fourth-order valence-electron chi connectivity index (χ4n) is 3.50. The minimum Gasteiger partial charge on any atom is -0.481 e. The monoisotopic (exact) mass is 554 g/mol. The average Bonchev–Trinajstić information content (AvgIpc) is 3.50. The highest BCUT2D eigenvalue weighted by Crippen LogP contribution is 2.44. The largest absolute Gasteiger partial charge is 0.481 e. The van der Waals surface area contributed by atoms with E-state index in [4.69, 9.17) is 10.6 Å². The molecule has 2 aromatic heterocycles. The smallest absolute Gasteiger partial charge is 0.313 e. The van der Waals surface area contributed by atoms with Crippen molar-refractivity contribution in [2.45, 2.75) is 30.0 Å². The number of aromatic nitrogens is 6. The van der Waals surface area contributed by atoms with Crippen LogP contribution >= 0.6 is 35.1 Å². The number of rotatable bonds is 11. The van der Waals surface area contributed by atoms with E-state index in [9.17, 15) is 19.5 Å². The molecule has 2 aliphatic heterocycles. The number of thioether (sulfide) groups is 2. The van der Waals surface area contributed by atoms with Gasteiger partial charge in [0.1, 0.15) is 23.4 Å². The molecule has 15 nitrogen and oxygen atoms in total. The van der Waals surface area contributed by atoms with Crippen LogP contribution < -0.4 is 11.1 Å². The normalized spacial score (nSPS) is 23.5. The Kier molecular flexibility index (Phi) is 7.74. The van der Waals surface area contributed by atoms with E-state index in [1.165, 1.54) is 33.1 Å². The number of carbonyl (C=O) groups excluding carboxylic acids is 2. The molecule has 2 aromatic rings. The van der Waals surface area contributed by atoms with Crippen molar-refractivity contribution >= 4 is 63.7 Å². The summed E-state index contributed by atoms with van der Waals surface area (Å²) in [7, 11) is 0. The number of nitrogens with two attached hydrogens (primary N) is 1. The molecule has 4 N–H and O–H groups in total. The van der Waals surface area contributed by atoms with Crippen LogP contribution in [-0.4, -0.2) is 99.1 Å². The zero-order valence-electron chi connectivity index (χ0n) is 18.9. The van der Waals surface area contributed by atoms with Crippen LogP contribution in [0, 0.1) is 5.41 Å². The highest BCUT2D eigenvalue weighted by atomic mass is 32.2. The molecule has 0 bridgehead atoms. The summed E-state index contributed by atoms with van der Waals surface area (Å²) in [6.07, 6.45) is 1.63. The molecule has 0 radical (unpaired) electrons. The summed E-state index contributed by atoms with van der Waals surface area (Å²) in [6, 6.07) is -0.857. The van der Waals surface area contributed by atoms with Gasteiger partial charge in [-0.3, -0.25) is 14.4 Å². The van der Waals surface area contributed by atoms with E-state index < -0.39 is 34.6 Å². The molecule has 2 fully saturated rings. The summed E-state index contributed by atoms with van der Waals surface area (Å²) in [5.41, 5.74) is 4.19. The van der Waals surface area contributed by atoms with Gasteiger partial charge < -0.3 is 25.9 Å². The molecule has 4 rings (SSSR count). The number of nitrogens with one attached hydrogen (secondary N) is 1. The van der Waals surface area contributed by atoms with Gasteiger partial charge in [-0.2, -0.15) is 9.36 Å². The van der Waals surface area contributed by atoms with Crippen LogP contribution in [0.4, 0.5) is 5.13 Å². The van der Waals surface area contributed by atoms with Gasteiger partial charge >= 0.3 is 5.97 Å². The molecule has 2 amide bonds. The van der Waals surface area contributed by atoms with Gasteiger partial charge in [0.05, 0.1) is 6.54 Å². The van der Waals surface area contributed by atoms with Gasteiger partial charge in [-0.15, -0.1) is 23.4 Å². The summed E-state index contributed by atoms with van der Waals surface area (Å²) < 4.78 is 5.50. The molecule has 192 valence electrons. The third-order valence-corrected chi connectivity index (χ3v) is 8.69. The number of tetrazole rings is 1. The van der Waals surface area contributed by atoms with Crippen LogP contribution in [0.5, 0.6) is 0 Å². The summed E-state index contributed by atoms with van der Waals surface area (Å²) in [4.78, 5) is 48.5. The van der Waals surface area contributed by atoms with Crippen LogP contribution in [0.2, 0.25) is 0 Å². The van der Waals surface area contributed by atoms with Crippen molar-refractivity contribution in [3.63, 3.8) is 0 Å². The van der Waals surface area contributed by atoms with E-state index in [1.807, 2.05) is 0 Å².